The number of carbonyl (C=O) groups excluding carboxylic acids is 1. The molecular formula is C11H10BrF3N4O2. The highest BCUT2D eigenvalue weighted by Crippen LogP contribution is 2.20. The van der Waals surface area contributed by atoms with Crippen LogP contribution in [0, 0.1) is 0 Å². The van der Waals surface area contributed by atoms with Crippen molar-refractivity contribution in [2.24, 2.45) is 0 Å². The summed E-state index contributed by atoms with van der Waals surface area (Å²) in [6.45, 7) is -0.234. The first kappa shape index (κ1) is 15.7. The molecule has 2 rings (SSSR count). The van der Waals surface area contributed by atoms with Gasteiger partial charge in [0.15, 0.2) is 5.69 Å². The Bertz CT molecular complexity index is 644. The summed E-state index contributed by atoms with van der Waals surface area (Å²) in [6, 6.07) is 0. The Hall–Kier alpha value is -1.68. The van der Waals surface area contributed by atoms with Crippen LogP contribution in [0.3, 0.4) is 0 Å². The standard InChI is InChI=1S/C11H10BrF3N4O2/c12-7-4-16-10-17-8(6-19(10)5-7)9(20)18-21-3-1-2-11(13,14)15/h4-6H,1-3H2,(H,18,20). The number of carbonyl (C=O) groups is 1. The molecule has 0 bridgehead atoms. The molecule has 2 aromatic heterocycles. The second-order valence-electron chi connectivity index (χ2n) is 4.10. The van der Waals surface area contributed by atoms with Crippen LogP contribution in [0.1, 0.15) is 23.3 Å². The lowest BCUT2D eigenvalue weighted by molar-refractivity contribution is -0.138. The Morgan fingerprint density at radius 3 is 2.90 bits per heavy atom. The maximum absolute atomic E-state index is 11.9. The quantitative estimate of drug-likeness (QED) is 0.652. The van der Waals surface area contributed by atoms with E-state index in [1.807, 2.05) is 5.48 Å². The number of hydrogen-bond acceptors (Lipinski definition) is 4. The van der Waals surface area contributed by atoms with Gasteiger partial charge in [0.25, 0.3) is 5.91 Å². The normalized spacial score (nSPS) is 11.8. The highest BCUT2D eigenvalue weighted by atomic mass is 79.9. The van der Waals surface area contributed by atoms with Crippen LogP contribution < -0.4 is 5.48 Å². The van der Waals surface area contributed by atoms with Crippen molar-refractivity contribution in [1.82, 2.24) is 19.8 Å². The molecule has 1 N–H and O–H groups in total. The minimum atomic E-state index is -4.23. The zero-order valence-electron chi connectivity index (χ0n) is 10.5. The van der Waals surface area contributed by atoms with Crippen LogP contribution in [0.2, 0.25) is 0 Å². The Kier molecular flexibility index (Phi) is 4.78. The smallest absolute Gasteiger partial charge is 0.289 e. The number of nitrogens with one attached hydrogen (secondary N) is 1. The molecule has 0 aromatic carbocycles. The Morgan fingerprint density at radius 1 is 1.43 bits per heavy atom. The van der Waals surface area contributed by atoms with Gasteiger partial charge in [-0.15, -0.1) is 0 Å². The largest absolute Gasteiger partial charge is 0.389 e. The molecule has 0 saturated carbocycles. The van der Waals surface area contributed by atoms with Crippen molar-refractivity contribution < 1.29 is 22.8 Å². The SMILES string of the molecule is O=C(NOCCCC(F)(F)F)c1cn2cc(Br)cnc2n1. The first-order valence-electron chi connectivity index (χ1n) is 5.84. The fourth-order valence-electron chi connectivity index (χ4n) is 1.48. The van der Waals surface area contributed by atoms with Gasteiger partial charge in [0.1, 0.15) is 0 Å². The minimum absolute atomic E-state index is 0.0522. The van der Waals surface area contributed by atoms with Gasteiger partial charge in [-0.1, -0.05) is 0 Å². The first-order chi connectivity index (χ1) is 9.85. The summed E-state index contributed by atoms with van der Waals surface area (Å²) >= 11 is 3.23. The molecule has 0 aliphatic rings. The second-order valence-corrected chi connectivity index (χ2v) is 5.02. The van der Waals surface area contributed by atoms with Crippen LogP contribution in [-0.4, -0.2) is 33.1 Å². The van der Waals surface area contributed by atoms with Gasteiger partial charge in [0, 0.05) is 25.0 Å². The van der Waals surface area contributed by atoms with Gasteiger partial charge in [-0.3, -0.25) is 14.0 Å². The second kappa shape index (κ2) is 6.39. The van der Waals surface area contributed by atoms with Crippen molar-refractivity contribution >= 4 is 27.6 Å². The predicted octanol–water partition coefficient (Wildman–Crippen LogP) is 2.50. The summed E-state index contributed by atoms with van der Waals surface area (Å²) in [4.78, 5) is 24.3. The molecule has 0 radical (unpaired) electrons. The molecule has 0 aliphatic carbocycles. The molecule has 1 amide bonds. The Balaban J connectivity index is 1.85. The molecule has 6 nitrogen and oxygen atoms in total. The summed E-state index contributed by atoms with van der Waals surface area (Å²) in [7, 11) is 0. The molecule has 0 aliphatic heterocycles. The molecule has 0 unspecified atom stereocenters. The van der Waals surface area contributed by atoms with Gasteiger partial charge >= 0.3 is 6.18 Å². The third kappa shape index (κ3) is 4.67. The van der Waals surface area contributed by atoms with Crippen LogP contribution in [0.25, 0.3) is 5.78 Å². The van der Waals surface area contributed by atoms with Crippen molar-refractivity contribution in [2.45, 2.75) is 19.0 Å². The van der Waals surface area contributed by atoms with Gasteiger partial charge in [0.2, 0.25) is 5.78 Å². The molecule has 0 saturated heterocycles. The number of halogens is 4. The average molecular weight is 367 g/mol. The highest BCUT2D eigenvalue weighted by Gasteiger charge is 2.26. The zero-order valence-corrected chi connectivity index (χ0v) is 12.1. The summed E-state index contributed by atoms with van der Waals surface area (Å²) in [5, 5.41) is 0. The lowest BCUT2D eigenvalue weighted by Gasteiger charge is -2.06. The van der Waals surface area contributed by atoms with E-state index in [0.717, 1.165) is 0 Å². The van der Waals surface area contributed by atoms with Crippen molar-refractivity contribution in [3.63, 3.8) is 0 Å². The molecule has 0 atom stereocenters. The molecule has 0 fully saturated rings. The number of aromatic nitrogens is 3. The van der Waals surface area contributed by atoms with Gasteiger partial charge < -0.3 is 0 Å². The van der Waals surface area contributed by atoms with E-state index < -0.39 is 18.5 Å². The molecule has 2 aromatic rings. The van der Waals surface area contributed by atoms with E-state index >= 15 is 0 Å². The molecule has 21 heavy (non-hydrogen) atoms. The third-order valence-electron chi connectivity index (χ3n) is 2.38. The van der Waals surface area contributed by atoms with Crippen molar-refractivity contribution in [1.29, 1.82) is 0 Å². The summed E-state index contributed by atoms with van der Waals surface area (Å²) in [5.41, 5.74) is 2.09. The highest BCUT2D eigenvalue weighted by molar-refractivity contribution is 9.10. The fraction of sp³-hybridized carbons (Fsp3) is 0.364. The first-order valence-corrected chi connectivity index (χ1v) is 6.63. The van der Waals surface area contributed by atoms with Gasteiger partial charge in [0.05, 0.1) is 11.1 Å². The van der Waals surface area contributed by atoms with E-state index in [2.05, 4.69) is 30.7 Å². The number of hydrogen-bond donors (Lipinski definition) is 1. The van der Waals surface area contributed by atoms with Crippen molar-refractivity contribution in [2.75, 3.05) is 6.61 Å². The lowest BCUT2D eigenvalue weighted by Crippen LogP contribution is -2.25. The van der Waals surface area contributed by atoms with Gasteiger partial charge in [-0.25, -0.2) is 15.4 Å². The number of alkyl halides is 3. The number of nitrogens with zero attached hydrogens (tertiary/aromatic N) is 3. The maximum atomic E-state index is 11.9. The lowest BCUT2D eigenvalue weighted by atomic mass is 10.3. The zero-order chi connectivity index (χ0) is 15.5. The van der Waals surface area contributed by atoms with Gasteiger partial charge in [-0.05, 0) is 22.4 Å². The van der Waals surface area contributed by atoms with E-state index in [0.29, 0.717) is 10.3 Å². The van der Waals surface area contributed by atoms with E-state index in [9.17, 15) is 18.0 Å². The summed E-state index contributed by atoms with van der Waals surface area (Å²) in [5.74, 6) is -0.330. The Labute approximate surface area is 125 Å². The van der Waals surface area contributed by atoms with E-state index in [1.165, 1.54) is 16.8 Å². The summed E-state index contributed by atoms with van der Waals surface area (Å²) < 4.78 is 37.9. The molecular weight excluding hydrogens is 357 g/mol. The van der Waals surface area contributed by atoms with E-state index in [4.69, 9.17) is 0 Å². The van der Waals surface area contributed by atoms with Crippen molar-refractivity contribution in [3.05, 3.63) is 28.8 Å². The monoisotopic (exact) mass is 366 g/mol. The predicted molar refractivity (Wildman–Crippen MR) is 69.4 cm³/mol. The molecule has 0 spiro atoms. The Morgan fingerprint density at radius 2 is 2.19 bits per heavy atom. The van der Waals surface area contributed by atoms with Crippen molar-refractivity contribution in [3.8, 4) is 0 Å². The average Bonchev–Trinajstić information content (AvgIpc) is 2.79. The minimum Gasteiger partial charge on any atom is -0.289 e. The fourth-order valence-corrected chi connectivity index (χ4v) is 1.81. The number of fused-ring (bicyclic) bond motifs is 1. The van der Waals surface area contributed by atoms with Crippen LogP contribution in [0.5, 0.6) is 0 Å². The molecule has 10 heteroatoms. The molecule has 2 heterocycles. The maximum Gasteiger partial charge on any atom is 0.389 e. The summed E-state index contributed by atoms with van der Waals surface area (Å²) in [6.07, 6.45) is -0.803. The van der Waals surface area contributed by atoms with Crippen LogP contribution in [0.4, 0.5) is 13.2 Å². The van der Waals surface area contributed by atoms with Crippen LogP contribution in [0.15, 0.2) is 23.1 Å². The molecule has 114 valence electrons. The number of rotatable bonds is 5. The number of amides is 1. The van der Waals surface area contributed by atoms with Crippen LogP contribution in [-0.2, 0) is 4.84 Å². The topological polar surface area (TPSA) is 68.5 Å². The van der Waals surface area contributed by atoms with Gasteiger partial charge in [-0.2, -0.15) is 13.2 Å². The van der Waals surface area contributed by atoms with E-state index in [-0.39, 0.29) is 18.7 Å². The third-order valence-corrected chi connectivity index (χ3v) is 2.79. The van der Waals surface area contributed by atoms with E-state index in [1.54, 1.807) is 6.20 Å². The van der Waals surface area contributed by atoms with Crippen LogP contribution >= 0.6 is 15.9 Å². The number of imidazole rings is 1. The number of hydroxylamine groups is 1.